The molecule has 0 amide bonds. The molecule has 0 aliphatic heterocycles. The second-order valence-electron chi connectivity index (χ2n) is 3.28. The smallest absolute Gasteiger partial charge is 0.147 e. The van der Waals surface area contributed by atoms with Crippen molar-refractivity contribution in [1.82, 2.24) is 14.8 Å². The largest absolute Gasteiger partial charge is 0.375 e. The number of hydrogen-bond donors (Lipinski definition) is 1. The monoisotopic (exact) mass is 240 g/mol. The number of nitrogens with zero attached hydrogens (tertiary/aromatic N) is 3. The second-order valence-corrected chi connectivity index (χ2v) is 3.71. The molecule has 0 fully saturated rings. The molecule has 84 valence electrons. The molecule has 0 saturated carbocycles. The third-order valence-electron chi connectivity index (χ3n) is 2.17. The third-order valence-corrected chi connectivity index (χ3v) is 2.41. The Morgan fingerprint density at radius 2 is 2.31 bits per heavy atom. The minimum absolute atomic E-state index is 0.377. The van der Waals surface area contributed by atoms with Gasteiger partial charge in [0.15, 0.2) is 0 Å². The van der Waals surface area contributed by atoms with Gasteiger partial charge in [0.05, 0.1) is 12.2 Å². The lowest BCUT2D eigenvalue weighted by molar-refractivity contribution is 0.628. The minimum atomic E-state index is -0.380. The lowest BCUT2D eigenvalue weighted by atomic mass is 10.3. The van der Waals surface area contributed by atoms with E-state index in [1.165, 1.54) is 12.4 Å². The van der Waals surface area contributed by atoms with Crippen LogP contribution in [0.1, 0.15) is 5.82 Å². The highest BCUT2D eigenvalue weighted by Gasteiger charge is 2.04. The molecule has 16 heavy (non-hydrogen) atoms. The van der Waals surface area contributed by atoms with Crippen LogP contribution >= 0.6 is 11.6 Å². The van der Waals surface area contributed by atoms with E-state index in [4.69, 9.17) is 11.6 Å². The lowest BCUT2D eigenvalue weighted by Crippen LogP contribution is -2.07. The first kappa shape index (κ1) is 10.9. The zero-order valence-electron chi connectivity index (χ0n) is 8.61. The van der Waals surface area contributed by atoms with Crippen molar-refractivity contribution >= 4 is 17.3 Å². The maximum absolute atomic E-state index is 13.4. The number of benzene rings is 1. The van der Waals surface area contributed by atoms with Crippen LogP contribution in [0.3, 0.4) is 0 Å². The van der Waals surface area contributed by atoms with Crippen molar-refractivity contribution in [2.45, 2.75) is 6.54 Å². The molecule has 0 unspecified atom stereocenters. The molecule has 1 aromatic carbocycles. The van der Waals surface area contributed by atoms with Crippen LogP contribution in [0.5, 0.6) is 0 Å². The highest BCUT2D eigenvalue weighted by atomic mass is 35.5. The summed E-state index contributed by atoms with van der Waals surface area (Å²) in [5.41, 5.74) is 0.396. The molecule has 2 rings (SSSR count). The fraction of sp³-hybridized carbons (Fsp3) is 0.200. The Bertz CT molecular complexity index is 497. The molecule has 0 atom stereocenters. The minimum Gasteiger partial charge on any atom is -0.375 e. The van der Waals surface area contributed by atoms with E-state index < -0.39 is 0 Å². The van der Waals surface area contributed by atoms with E-state index >= 15 is 0 Å². The quantitative estimate of drug-likeness (QED) is 0.895. The Labute approximate surface area is 97.1 Å². The van der Waals surface area contributed by atoms with Crippen LogP contribution < -0.4 is 5.32 Å². The molecule has 6 heteroatoms. The fourth-order valence-electron chi connectivity index (χ4n) is 1.29. The summed E-state index contributed by atoms with van der Waals surface area (Å²) in [5.74, 6) is 0.351. The standard InChI is InChI=1S/C10H10ClFN4/c1-16-10(14-6-15-16)5-13-9-3-2-7(11)4-8(9)12/h2-4,6,13H,5H2,1H3. The summed E-state index contributed by atoms with van der Waals surface area (Å²) >= 11 is 5.65. The summed E-state index contributed by atoms with van der Waals surface area (Å²) in [7, 11) is 1.78. The van der Waals surface area contributed by atoms with E-state index in [0.29, 0.717) is 17.3 Å². The number of rotatable bonds is 3. The lowest BCUT2D eigenvalue weighted by Gasteiger charge is -2.06. The van der Waals surface area contributed by atoms with Gasteiger partial charge in [-0.2, -0.15) is 5.10 Å². The molecule has 0 spiro atoms. The van der Waals surface area contributed by atoms with Gasteiger partial charge in [0.1, 0.15) is 18.0 Å². The van der Waals surface area contributed by atoms with Gasteiger partial charge in [-0.05, 0) is 18.2 Å². The normalized spacial score (nSPS) is 10.4. The Balaban J connectivity index is 2.08. The van der Waals surface area contributed by atoms with Gasteiger partial charge in [0.25, 0.3) is 0 Å². The SMILES string of the molecule is Cn1ncnc1CNc1ccc(Cl)cc1F. The number of hydrogen-bond acceptors (Lipinski definition) is 3. The molecule has 0 radical (unpaired) electrons. The molecule has 0 bridgehead atoms. The Morgan fingerprint density at radius 1 is 1.50 bits per heavy atom. The van der Waals surface area contributed by atoms with Gasteiger partial charge >= 0.3 is 0 Å². The highest BCUT2D eigenvalue weighted by molar-refractivity contribution is 6.30. The van der Waals surface area contributed by atoms with Crippen molar-refractivity contribution in [2.75, 3.05) is 5.32 Å². The fourth-order valence-corrected chi connectivity index (χ4v) is 1.45. The van der Waals surface area contributed by atoms with E-state index in [9.17, 15) is 4.39 Å². The zero-order valence-corrected chi connectivity index (χ0v) is 9.37. The van der Waals surface area contributed by atoms with Crippen molar-refractivity contribution in [3.63, 3.8) is 0 Å². The van der Waals surface area contributed by atoms with Crippen molar-refractivity contribution < 1.29 is 4.39 Å². The Hall–Kier alpha value is -1.62. The van der Waals surface area contributed by atoms with Gasteiger partial charge in [-0.1, -0.05) is 11.6 Å². The number of aromatic nitrogens is 3. The van der Waals surface area contributed by atoms with Crippen LogP contribution in [-0.4, -0.2) is 14.8 Å². The summed E-state index contributed by atoms with van der Waals surface area (Å²) in [4.78, 5) is 4.02. The molecular weight excluding hydrogens is 231 g/mol. The molecule has 1 N–H and O–H groups in total. The maximum atomic E-state index is 13.4. The maximum Gasteiger partial charge on any atom is 0.147 e. The summed E-state index contributed by atoms with van der Waals surface area (Å²) in [5, 5.41) is 7.22. The molecule has 2 aromatic rings. The van der Waals surface area contributed by atoms with Gasteiger partial charge < -0.3 is 5.32 Å². The summed E-state index contributed by atoms with van der Waals surface area (Å²) < 4.78 is 15.0. The van der Waals surface area contributed by atoms with Crippen molar-refractivity contribution in [2.24, 2.45) is 7.05 Å². The van der Waals surface area contributed by atoms with Crippen LogP contribution in [-0.2, 0) is 13.6 Å². The highest BCUT2D eigenvalue weighted by Crippen LogP contribution is 2.19. The van der Waals surface area contributed by atoms with Crippen molar-refractivity contribution in [3.05, 3.63) is 41.2 Å². The predicted octanol–water partition coefficient (Wildman–Crippen LogP) is 2.22. The number of aryl methyl sites for hydroxylation is 1. The van der Waals surface area contributed by atoms with Gasteiger partial charge in [-0.15, -0.1) is 0 Å². The van der Waals surface area contributed by atoms with Gasteiger partial charge in [-0.25, -0.2) is 9.37 Å². The molecular formula is C10H10ClFN4. The van der Waals surface area contributed by atoms with E-state index in [2.05, 4.69) is 15.4 Å². The molecule has 1 aromatic heterocycles. The summed E-state index contributed by atoms with van der Waals surface area (Å²) in [6.45, 7) is 0.412. The number of anilines is 1. The van der Waals surface area contributed by atoms with Gasteiger partial charge in [0.2, 0.25) is 0 Å². The zero-order chi connectivity index (χ0) is 11.5. The van der Waals surface area contributed by atoms with Gasteiger partial charge in [0, 0.05) is 12.1 Å². The second kappa shape index (κ2) is 4.49. The first-order valence-corrected chi connectivity index (χ1v) is 5.06. The van der Waals surface area contributed by atoms with Crippen LogP contribution in [0.25, 0.3) is 0 Å². The predicted molar refractivity (Wildman–Crippen MR) is 59.7 cm³/mol. The molecule has 4 nitrogen and oxygen atoms in total. The van der Waals surface area contributed by atoms with E-state index in [0.717, 1.165) is 5.82 Å². The van der Waals surface area contributed by atoms with Crippen LogP contribution in [0, 0.1) is 5.82 Å². The first-order valence-electron chi connectivity index (χ1n) is 4.68. The number of halogens is 2. The summed E-state index contributed by atoms with van der Waals surface area (Å²) in [6.07, 6.45) is 1.45. The van der Waals surface area contributed by atoms with E-state index in [1.54, 1.807) is 23.9 Å². The average Bonchev–Trinajstić information content (AvgIpc) is 2.63. The average molecular weight is 241 g/mol. The third kappa shape index (κ3) is 2.30. The Morgan fingerprint density at radius 3 is 2.94 bits per heavy atom. The van der Waals surface area contributed by atoms with E-state index in [1.807, 2.05) is 0 Å². The Kier molecular flexibility index (Phi) is 3.05. The summed E-state index contributed by atoms with van der Waals surface area (Å²) in [6, 6.07) is 4.48. The number of nitrogens with one attached hydrogen (secondary N) is 1. The van der Waals surface area contributed by atoms with E-state index in [-0.39, 0.29) is 5.82 Å². The molecule has 0 aliphatic carbocycles. The van der Waals surface area contributed by atoms with Crippen molar-refractivity contribution in [3.8, 4) is 0 Å². The van der Waals surface area contributed by atoms with Crippen molar-refractivity contribution in [1.29, 1.82) is 0 Å². The van der Waals surface area contributed by atoms with Crippen LogP contribution in [0.15, 0.2) is 24.5 Å². The van der Waals surface area contributed by atoms with Crippen LogP contribution in [0.2, 0.25) is 5.02 Å². The molecule has 1 heterocycles. The molecule has 0 aliphatic rings. The van der Waals surface area contributed by atoms with Crippen LogP contribution in [0.4, 0.5) is 10.1 Å². The first-order chi connectivity index (χ1) is 7.66. The van der Waals surface area contributed by atoms with Gasteiger partial charge in [-0.3, -0.25) is 4.68 Å². The topological polar surface area (TPSA) is 42.7 Å². The molecule has 0 saturated heterocycles.